The van der Waals surface area contributed by atoms with Crippen molar-refractivity contribution >= 4 is 11.8 Å². The van der Waals surface area contributed by atoms with Crippen molar-refractivity contribution in [3.8, 4) is 5.75 Å². The molecule has 0 aliphatic heterocycles. The van der Waals surface area contributed by atoms with Crippen molar-refractivity contribution in [1.29, 1.82) is 0 Å². The highest BCUT2D eigenvalue weighted by molar-refractivity contribution is 7.98. The van der Waals surface area contributed by atoms with Gasteiger partial charge in [-0.25, -0.2) is 4.39 Å². The summed E-state index contributed by atoms with van der Waals surface area (Å²) >= 11 is 1.77. The van der Waals surface area contributed by atoms with Gasteiger partial charge < -0.3 is 10.4 Å². The zero-order valence-electron chi connectivity index (χ0n) is 9.83. The molecule has 2 N–H and O–H groups in total. The number of halogens is 1. The maximum absolute atomic E-state index is 12.8. The number of phenolic OH excluding ortho intramolecular Hbond substituents is 1. The van der Waals surface area contributed by atoms with E-state index in [0.29, 0.717) is 6.04 Å². The van der Waals surface area contributed by atoms with Crippen LogP contribution in [0.2, 0.25) is 0 Å². The molecule has 2 nitrogen and oxygen atoms in total. The van der Waals surface area contributed by atoms with Crippen LogP contribution in [0.25, 0.3) is 0 Å². The second-order valence-corrected chi connectivity index (χ2v) is 4.86. The van der Waals surface area contributed by atoms with Gasteiger partial charge >= 0.3 is 0 Å². The molecule has 0 saturated carbocycles. The average Bonchev–Trinajstić information content (AvgIpc) is 2.17. The lowest BCUT2D eigenvalue weighted by Crippen LogP contribution is -2.30. The smallest absolute Gasteiger partial charge is 0.126 e. The Morgan fingerprint density at radius 3 is 2.69 bits per heavy atom. The van der Waals surface area contributed by atoms with Gasteiger partial charge in [0, 0.05) is 29.5 Å². The molecule has 16 heavy (non-hydrogen) atoms. The minimum absolute atomic E-state index is 0.0105. The van der Waals surface area contributed by atoms with Crippen LogP contribution in [0.1, 0.15) is 25.5 Å². The Morgan fingerprint density at radius 1 is 1.44 bits per heavy atom. The third-order valence-corrected chi connectivity index (χ3v) is 3.24. The van der Waals surface area contributed by atoms with Crippen molar-refractivity contribution in [2.75, 3.05) is 12.0 Å². The third-order valence-electron chi connectivity index (χ3n) is 2.41. The fourth-order valence-corrected chi connectivity index (χ4v) is 2.29. The van der Waals surface area contributed by atoms with E-state index in [0.717, 1.165) is 17.4 Å². The molecule has 0 fully saturated rings. The number of rotatable bonds is 5. The van der Waals surface area contributed by atoms with Gasteiger partial charge in [-0.05, 0) is 26.2 Å². The topological polar surface area (TPSA) is 32.3 Å². The van der Waals surface area contributed by atoms with Crippen molar-refractivity contribution in [2.24, 2.45) is 0 Å². The van der Waals surface area contributed by atoms with E-state index >= 15 is 0 Å². The molecule has 2 atom stereocenters. The van der Waals surface area contributed by atoms with Crippen molar-refractivity contribution in [3.05, 3.63) is 29.6 Å². The van der Waals surface area contributed by atoms with Crippen LogP contribution >= 0.6 is 11.8 Å². The number of thioether (sulfide) groups is 1. The zero-order valence-corrected chi connectivity index (χ0v) is 10.6. The van der Waals surface area contributed by atoms with Gasteiger partial charge in [-0.3, -0.25) is 0 Å². The molecule has 0 spiro atoms. The van der Waals surface area contributed by atoms with E-state index in [1.165, 1.54) is 6.07 Å². The van der Waals surface area contributed by atoms with Gasteiger partial charge in [0.1, 0.15) is 11.6 Å². The molecule has 0 saturated heterocycles. The van der Waals surface area contributed by atoms with Crippen LogP contribution in [0, 0.1) is 5.82 Å². The Balaban J connectivity index is 2.69. The Kier molecular flexibility index (Phi) is 5.09. The highest BCUT2D eigenvalue weighted by Crippen LogP contribution is 2.25. The Labute approximate surface area is 100 Å². The van der Waals surface area contributed by atoms with E-state index in [1.54, 1.807) is 17.8 Å². The van der Waals surface area contributed by atoms with Gasteiger partial charge in [0.25, 0.3) is 0 Å². The summed E-state index contributed by atoms with van der Waals surface area (Å²) in [6.07, 6.45) is 2.05. The molecule has 0 heterocycles. The normalized spacial score (nSPS) is 14.8. The van der Waals surface area contributed by atoms with Crippen molar-refractivity contribution in [3.63, 3.8) is 0 Å². The van der Waals surface area contributed by atoms with Gasteiger partial charge in [0.05, 0.1) is 0 Å². The summed E-state index contributed by atoms with van der Waals surface area (Å²) in [4.78, 5) is 0. The first-order chi connectivity index (χ1) is 7.54. The van der Waals surface area contributed by atoms with Crippen molar-refractivity contribution < 1.29 is 9.50 Å². The maximum atomic E-state index is 12.8. The molecule has 0 aromatic heterocycles. The molecule has 0 bridgehead atoms. The average molecular weight is 243 g/mol. The van der Waals surface area contributed by atoms with Gasteiger partial charge in [0.15, 0.2) is 0 Å². The minimum atomic E-state index is -0.411. The van der Waals surface area contributed by atoms with Crippen LogP contribution in [-0.2, 0) is 0 Å². The zero-order chi connectivity index (χ0) is 12.1. The predicted molar refractivity (Wildman–Crippen MR) is 67.5 cm³/mol. The lowest BCUT2D eigenvalue weighted by atomic mass is 10.1. The van der Waals surface area contributed by atoms with E-state index in [-0.39, 0.29) is 11.8 Å². The molecule has 1 aromatic rings. The van der Waals surface area contributed by atoms with Crippen LogP contribution in [-0.4, -0.2) is 23.2 Å². The molecule has 1 rings (SSSR count). The largest absolute Gasteiger partial charge is 0.508 e. The van der Waals surface area contributed by atoms with Gasteiger partial charge in [0.2, 0.25) is 0 Å². The lowest BCUT2D eigenvalue weighted by Gasteiger charge is -2.20. The number of aromatic hydroxyl groups is 1. The fourth-order valence-electron chi connectivity index (χ4n) is 1.70. The Hall–Kier alpha value is -0.740. The van der Waals surface area contributed by atoms with Crippen LogP contribution < -0.4 is 5.32 Å². The quantitative estimate of drug-likeness (QED) is 0.834. The maximum Gasteiger partial charge on any atom is 0.126 e. The molecule has 4 heteroatoms. The second kappa shape index (κ2) is 6.11. The van der Waals surface area contributed by atoms with Crippen LogP contribution in [0.3, 0.4) is 0 Å². The molecular weight excluding hydrogens is 225 g/mol. The number of phenols is 1. The minimum Gasteiger partial charge on any atom is -0.508 e. The van der Waals surface area contributed by atoms with Crippen LogP contribution in [0.4, 0.5) is 4.39 Å². The molecule has 0 amide bonds. The van der Waals surface area contributed by atoms with Crippen molar-refractivity contribution in [2.45, 2.75) is 25.9 Å². The summed E-state index contributed by atoms with van der Waals surface area (Å²) in [5.41, 5.74) is 0.731. The highest BCUT2D eigenvalue weighted by atomic mass is 32.2. The summed E-state index contributed by atoms with van der Waals surface area (Å²) in [6, 6.07) is 4.50. The molecule has 0 aliphatic carbocycles. The van der Waals surface area contributed by atoms with Gasteiger partial charge in [-0.15, -0.1) is 0 Å². The summed E-state index contributed by atoms with van der Waals surface area (Å²) < 4.78 is 12.8. The number of nitrogens with one attached hydrogen (secondary N) is 1. The lowest BCUT2D eigenvalue weighted by molar-refractivity contribution is 0.438. The predicted octanol–water partition coefficient (Wildman–Crippen LogP) is 2.93. The number of benzene rings is 1. The van der Waals surface area contributed by atoms with E-state index in [1.807, 2.05) is 6.92 Å². The first-order valence-corrected chi connectivity index (χ1v) is 6.67. The van der Waals surface area contributed by atoms with E-state index in [4.69, 9.17) is 0 Å². The standard InChI is InChI=1S/C12H18FNOS/c1-8(7-16-3)14-9(2)11-5-4-10(13)6-12(11)15/h4-6,8-9,14-15H,7H2,1-3H3. The Morgan fingerprint density at radius 2 is 2.12 bits per heavy atom. The molecule has 0 radical (unpaired) electrons. The summed E-state index contributed by atoms with van der Waals surface area (Å²) in [5, 5.41) is 13.0. The summed E-state index contributed by atoms with van der Waals surface area (Å²) in [7, 11) is 0. The SMILES string of the molecule is CSCC(C)NC(C)c1ccc(F)cc1O. The van der Waals surface area contributed by atoms with E-state index < -0.39 is 5.82 Å². The second-order valence-electron chi connectivity index (χ2n) is 3.95. The van der Waals surface area contributed by atoms with Gasteiger partial charge in [-0.2, -0.15) is 11.8 Å². The first kappa shape index (κ1) is 13.3. The van der Waals surface area contributed by atoms with Crippen LogP contribution in [0.5, 0.6) is 5.75 Å². The Bertz CT molecular complexity index is 346. The monoisotopic (exact) mass is 243 g/mol. The third kappa shape index (κ3) is 3.68. The molecule has 90 valence electrons. The number of hydrogen-bond donors (Lipinski definition) is 2. The number of hydrogen-bond acceptors (Lipinski definition) is 3. The van der Waals surface area contributed by atoms with Crippen molar-refractivity contribution in [1.82, 2.24) is 5.32 Å². The van der Waals surface area contributed by atoms with Crippen LogP contribution in [0.15, 0.2) is 18.2 Å². The van der Waals surface area contributed by atoms with E-state index in [9.17, 15) is 9.50 Å². The fraction of sp³-hybridized carbons (Fsp3) is 0.500. The molecule has 2 unspecified atom stereocenters. The van der Waals surface area contributed by atoms with E-state index in [2.05, 4.69) is 18.5 Å². The molecular formula is C12H18FNOS. The summed E-state index contributed by atoms with van der Waals surface area (Å²) in [6.45, 7) is 4.05. The highest BCUT2D eigenvalue weighted by Gasteiger charge is 2.13. The van der Waals surface area contributed by atoms with Gasteiger partial charge in [-0.1, -0.05) is 6.07 Å². The molecule has 1 aromatic carbocycles. The summed E-state index contributed by atoms with van der Waals surface area (Å²) in [5.74, 6) is 0.605. The first-order valence-electron chi connectivity index (χ1n) is 5.28. The molecule has 0 aliphatic rings.